The Bertz CT molecular complexity index is 464. The zero-order valence-electron chi connectivity index (χ0n) is 16.2. The Morgan fingerprint density at radius 1 is 1.25 bits per heavy atom. The van der Waals surface area contributed by atoms with Gasteiger partial charge in [0.2, 0.25) is 0 Å². The first-order valence-electron chi connectivity index (χ1n) is 9.37. The molecule has 1 N–H and O–H groups in total. The van der Waals surface area contributed by atoms with Crippen molar-refractivity contribution in [1.82, 2.24) is 5.32 Å². The summed E-state index contributed by atoms with van der Waals surface area (Å²) in [4.78, 5) is 12.3. The molecule has 2 bridgehead atoms. The topological polar surface area (TPSA) is 47.6 Å². The highest BCUT2D eigenvalue weighted by Crippen LogP contribution is 2.61. The minimum atomic E-state index is -0.455. The number of hydrogen-bond donors (Lipinski definition) is 1. The standard InChI is InChI=1S/C20H35NO3/c1-7-23-11-9-8-10-14-12-15-13-16(20(15,5)6)17(14)21-18(22)24-19(2,3)4/h8-9,14-17H,7,10-13H2,1-6H3,(H,21,22)/b9-8+. The smallest absolute Gasteiger partial charge is 0.407 e. The molecule has 1 amide bonds. The maximum Gasteiger partial charge on any atom is 0.407 e. The Morgan fingerprint density at radius 3 is 2.54 bits per heavy atom. The fourth-order valence-corrected chi connectivity index (χ4v) is 4.34. The van der Waals surface area contributed by atoms with E-state index < -0.39 is 5.60 Å². The first-order valence-corrected chi connectivity index (χ1v) is 9.37. The van der Waals surface area contributed by atoms with Gasteiger partial charge in [-0.15, -0.1) is 0 Å². The van der Waals surface area contributed by atoms with E-state index in [0.717, 1.165) is 18.9 Å². The van der Waals surface area contributed by atoms with Crippen LogP contribution in [-0.2, 0) is 9.47 Å². The molecule has 3 fully saturated rings. The molecule has 0 aromatic rings. The lowest BCUT2D eigenvalue weighted by Crippen LogP contribution is -2.63. The fourth-order valence-electron chi connectivity index (χ4n) is 4.34. The van der Waals surface area contributed by atoms with Crippen LogP contribution in [0.4, 0.5) is 4.79 Å². The average Bonchev–Trinajstić information content (AvgIpc) is 2.45. The van der Waals surface area contributed by atoms with Crippen LogP contribution >= 0.6 is 0 Å². The van der Waals surface area contributed by atoms with Gasteiger partial charge in [0, 0.05) is 12.6 Å². The van der Waals surface area contributed by atoms with Gasteiger partial charge < -0.3 is 14.8 Å². The molecule has 3 aliphatic rings. The van der Waals surface area contributed by atoms with Crippen LogP contribution in [0.5, 0.6) is 0 Å². The summed E-state index contributed by atoms with van der Waals surface area (Å²) in [6.07, 6.45) is 7.44. The van der Waals surface area contributed by atoms with E-state index in [-0.39, 0.29) is 12.1 Å². The van der Waals surface area contributed by atoms with Gasteiger partial charge in [0.25, 0.3) is 0 Å². The van der Waals surface area contributed by atoms with Gasteiger partial charge in [0.1, 0.15) is 5.60 Å². The third-order valence-corrected chi connectivity index (χ3v) is 5.78. The first kappa shape index (κ1) is 19.3. The number of alkyl carbamates (subject to hydrolysis) is 1. The van der Waals surface area contributed by atoms with E-state index in [1.807, 2.05) is 27.7 Å². The van der Waals surface area contributed by atoms with Gasteiger partial charge >= 0.3 is 6.09 Å². The van der Waals surface area contributed by atoms with Crippen molar-refractivity contribution < 1.29 is 14.3 Å². The third kappa shape index (κ3) is 4.53. The van der Waals surface area contributed by atoms with E-state index in [0.29, 0.717) is 23.9 Å². The maximum atomic E-state index is 12.3. The highest BCUT2D eigenvalue weighted by atomic mass is 16.6. The van der Waals surface area contributed by atoms with Gasteiger partial charge in [-0.1, -0.05) is 26.0 Å². The Hall–Kier alpha value is -1.03. The molecule has 0 saturated heterocycles. The number of allylic oxidation sites excluding steroid dienone is 1. The third-order valence-electron chi connectivity index (χ3n) is 5.78. The second-order valence-corrected chi connectivity index (χ2v) is 8.89. The number of carbonyl (C=O) groups is 1. The molecule has 0 aliphatic heterocycles. The molecule has 24 heavy (non-hydrogen) atoms. The van der Waals surface area contributed by atoms with E-state index in [4.69, 9.17) is 9.47 Å². The lowest BCUT2D eigenvalue weighted by molar-refractivity contribution is -0.113. The lowest BCUT2D eigenvalue weighted by Gasteiger charge is -2.62. The molecule has 4 nitrogen and oxygen atoms in total. The fraction of sp³-hybridized carbons (Fsp3) is 0.850. The van der Waals surface area contributed by atoms with Crippen molar-refractivity contribution in [2.24, 2.45) is 23.2 Å². The SMILES string of the molecule is CCOC/C=C/CC1CC2CC(C1NC(=O)OC(C)(C)C)C2(C)C. The predicted molar refractivity (Wildman–Crippen MR) is 96.9 cm³/mol. The summed E-state index contributed by atoms with van der Waals surface area (Å²) in [7, 11) is 0. The molecule has 3 rings (SSSR count). The second-order valence-electron chi connectivity index (χ2n) is 8.89. The monoisotopic (exact) mass is 337 g/mol. The van der Waals surface area contributed by atoms with Gasteiger partial charge in [-0.2, -0.15) is 0 Å². The van der Waals surface area contributed by atoms with Crippen LogP contribution in [0.15, 0.2) is 12.2 Å². The molecule has 4 atom stereocenters. The van der Waals surface area contributed by atoms with E-state index in [1.54, 1.807) is 0 Å². The van der Waals surface area contributed by atoms with Crippen molar-refractivity contribution >= 4 is 6.09 Å². The van der Waals surface area contributed by atoms with E-state index >= 15 is 0 Å². The first-order chi connectivity index (χ1) is 11.1. The van der Waals surface area contributed by atoms with Crippen molar-refractivity contribution in [2.45, 2.75) is 72.4 Å². The van der Waals surface area contributed by atoms with Crippen LogP contribution in [0.1, 0.15) is 60.8 Å². The zero-order chi connectivity index (χ0) is 18.0. The van der Waals surface area contributed by atoms with Crippen molar-refractivity contribution in [3.05, 3.63) is 12.2 Å². The van der Waals surface area contributed by atoms with Crippen LogP contribution in [-0.4, -0.2) is 30.9 Å². The predicted octanol–water partition coefficient (Wildman–Crippen LogP) is 4.54. The summed E-state index contributed by atoms with van der Waals surface area (Å²) in [5.74, 6) is 1.82. The van der Waals surface area contributed by atoms with Crippen LogP contribution < -0.4 is 5.32 Å². The molecule has 138 valence electrons. The Morgan fingerprint density at radius 2 is 1.96 bits per heavy atom. The minimum Gasteiger partial charge on any atom is -0.444 e. The van der Waals surface area contributed by atoms with E-state index in [9.17, 15) is 4.79 Å². The van der Waals surface area contributed by atoms with Gasteiger partial charge in [-0.3, -0.25) is 0 Å². The summed E-state index contributed by atoms with van der Waals surface area (Å²) in [5, 5.41) is 3.19. The lowest BCUT2D eigenvalue weighted by atomic mass is 9.44. The number of hydrogen-bond acceptors (Lipinski definition) is 3. The molecular formula is C20H35NO3. The Labute approximate surface area is 147 Å². The average molecular weight is 338 g/mol. The second kappa shape index (κ2) is 7.47. The van der Waals surface area contributed by atoms with Gasteiger partial charge in [0.05, 0.1) is 6.61 Å². The summed E-state index contributed by atoms with van der Waals surface area (Å²) >= 11 is 0. The van der Waals surface area contributed by atoms with Crippen molar-refractivity contribution in [1.29, 1.82) is 0 Å². The summed E-state index contributed by atoms with van der Waals surface area (Å²) in [5.41, 5.74) is -0.130. The molecule has 4 unspecified atom stereocenters. The van der Waals surface area contributed by atoms with Crippen LogP contribution in [0.2, 0.25) is 0 Å². The number of amides is 1. The van der Waals surface area contributed by atoms with Gasteiger partial charge in [-0.25, -0.2) is 4.79 Å². The number of carbonyl (C=O) groups excluding carboxylic acids is 1. The van der Waals surface area contributed by atoms with Gasteiger partial charge in [0.15, 0.2) is 0 Å². The van der Waals surface area contributed by atoms with Gasteiger partial charge in [-0.05, 0) is 70.1 Å². The normalized spacial score (nSPS) is 31.6. The molecular weight excluding hydrogens is 302 g/mol. The highest BCUT2D eigenvalue weighted by molar-refractivity contribution is 5.68. The minimum absolute atomic E-state index is 0.205. The summed E-state index contributed by atoms with van der Waals surface area (Å²) in [6, 6.07) is 0.205. The highest BCUT2D eigenvalue weighted by Gasteiger charge is 2.57. The Balaban J connectivity index is 1.98. The molecule has 0 radical (unpaired) electrons. The van der Waals surface area contributed by atoms with Crippen molar-refractivity contribution in [2.75, 3.05) is 13.2 Å². The Kier molecular flexibility index (Phi) is 6.00. The van der Waals surface area contributed by atoms with E-state index in [1.165, 1.54) is 12.8 Å². The summed E-state index contributed by atoms with van der Waals surface area (Å²) in [6.45, 7) is 13.8. The van der Waals surface area contributed by atoms with Crippen LogP contribution in [0, 0.1) is 23.2 Å². The number of ether oxygens (including phenoxy) is 2. The van der Waals surface area contributed by atoms with Crippen molar-refractivity contribution in [3.63, 3.8) is 0 Å². The molecule has 0 aromatic carbocycles. The molecule has 3 saturated carbocycles. The zero-order valence-corrected chi connectivity index (χ0v) is 16.2. The maximum absolute atomic E-state index is 12.3. The largest absolute Gasteiger partial charge is 0.444 e. The molecule has 0 spiro atoms. The van der Waals surface area contributed by atoms with Crippen molar-refractivity contribution in [3.8, 4) is 0 Å². The molecule has 0 heterocycles. The molecule has 4 heteroatoms. The molecule has 3 aliphatic carbocycles. The molecule has 0 aromatic heterocycles. The number of rotatable bonds is 6. The number of nitrogens with one attached hydrogen (secondary N) is 1. The summed E-state index contributed by atoms with van der Waals surface area (Å²) < 4.78 is 10.8. The quantitative estimate of drug-likeness (QED) is 0.571. The van der Waals surface area contributed by atoms with Crippen LogP contribution in [0.25, 0.3) is 0 Å². The number of fused-ring (bicyclic) bond motifs is 2. The van der Waals surface area contributed by atoms with Crippen LogP contribution in [0.3, 0.4) is 0 Å². The van der Waals surface area contributed by atoms with E-state index in [2.05, 4.69) is 31.3 Å².